The molecule has 0 saturated carbocycles. The number of carboxylic acid groups (broad SMARTS) is 1. The van der Waals surface area contributed by atoms with E-state index >= 15 is 0 Å². The molecular formula is C12H13Cl3N2O3S. The molecule has 0 fully saturated rings. The van der Waals surface area contributed by atoms with Crippen LogP contribution in [0, 0.1) is 0 Å². The third kappa shape index (κ3) is 5.82. The number of hydrogen-bond donors (Lipinski definition) is 3. The van der Waals surface area contributed by atoms with E-state index in [0.29, 0.717) is 17.2 Å². The van der Waals surface area contributed by atoms with Gasteiger partial charge in [0, 0.05) is 5.02 Å². The molecule has 0 aliphatic carbocycles. The van der Waals surface area contributed by atoms with Crippen LogP contribution in [0.4, 0.5) is 10.5 Å². The van der Waals surface area contributed by atoms with Gasteiger partial charge in [0.05, 0.1) is 15.7 Å². The van der Waals surface area contributed by atoms with Crippen LogP contribution in [0.2, 0.25) is 15.1 Å². The normalized spacial score (nSPS) is 11.8. The maximum Gasteiger partial charge on any atom is 0.326 e. The van der Waals surface area contributed by atoms with Crippen molar-refractivity contribution in [2.45, 2.75) is 12.5 Å². The summed E-state index contributed by atoms with van der Waals surface area (Å²) in [4.78, 5) is 22.9. The van der Waals surface area contributed by atoms with Crippen molar-refractivity contribution in [3.8, 4) is 0 Å². The van der Waals surface area contributed by atoms with E-state index in [1.165, 1.54) is 23.9 Å². The van der Waals surface area contributed by atoms with Crippen LogP contribution in [0.15, 0.2) is 12.1 Å². The number of thioether (sulfide) groups is 1. The summed E-state index contributed by atoms with van der Waals surface area (Å²) in [6.07, 6.45) is 2.16. The fourth-order valence-electron chi connectivity index (χ4n) is 1.46. The first-order valence-corrected chi connectivity index (χ1v) is 8.31. The molecule has 0 saturated heterocycles. The highest BCUT2D eigenvalue weighted by Gasteiger charge is 2.20. The van der Waals surface area contributed by atoms with Crippen LogP contribution < -0.4 is 10.6 Å². The second kappa shape index (κ2) is 8.58. The number of halogens is 3. The van der Waals surface area contributed by atoms with Gasteiger partial charge in [-0.15, -0.1) is 0 Å². The van der Waals surface area contributed by atoms with Crippen molar-refractivity contribution in [3.63, 3.8) is 0 Å². The van der Waals surface area contributed by atoms with Gasteiger partial charge in [-0.25, -0.2) is 9.59 Å². The predicted octanol–water partition coefficient (Wildman–Crippen LogP) is 3.97. The fraction of sp³-hybridized carbons (Fsp3) is 0.333. The molecule has 2 amide bonds. The van der Waals surface area contributed by atoms with Crippen LogP contribution in [-0.4, -0.2) is 35.2 Å². The number of carbonyl (C=O) groups excluding carboxylic acids is 1. The summed E-state index contributed by atoms with van der Waals surface area (Å²) < 4.78 is 0. The van der Waals surface area contributed by atoms with Crippen molar-refractivity contribution < 1.29 is 14.7 Å². The zero-order valence-electron chi connectivity index (χ0n) is 11.0. The predicted molar refractivity (Wildman–Crippen MR) is 88.0 cm³/mol. The average Bonchev–Trinajstić information content (AvgIpc) is 2.38. The number of carbonyl (C=O) groups is 2. The Hall–Kier alpha value is -0.820. The molecule has 116 valence electrons. The molecule has 3 N–H and O–H groups in total. The number of hydrogen-bond acceptors (Lipinski definition) is 3. The standard InChI is InChI=1S/C12H13Cl3N2O3S/c1-21-3-2-9(11(18)19)16-12(20)17-10-7(14)4-6(13)5-8(10)15/h4-5,9H,2-3H2,1H3,(H,18,19)(H2,16,17,20)/t9-/m0/s1. The SMILES string of the molecule is CSCC[C@H](NC(=O)Nc1c(Cl)cc(Cl)cc1Cl)C(=O)O. The molecule has 1 atom stereocenters. The molecule has 0 aromatic heterocycles. The second-order valence-electron chi connectivity index (χ2n) is 4.02. The largest absolute Gasteiger partial charge is 0.480 e. The molecule has 21 heavy (non-hydrogen) atoms. The van der Waals surface area contributed by atoms with E-state index in [1.54, 1.807) is 0 Å². The van der Waals surface area contributed by atoms with Crippen LogP contribution in [0.1, 0.15) is 6.42 Å². The molecular weight excluding hydrogens is 359 g/mol. The van der Waals surface area contributed by atoms with E-state index in [9.17, 15) is 9.59 Å². The van der Waals surface area contributed by atoms with Gasteiger partial charge < -0.3 is 15.7 Å². The number of amides is 2. The molecule has 5 nitrogen and oxygen atoms in total. The van der Waals surface area contributed by atoms with Crippen LogP contribution in [-0.2, 0) is 4.79 Å². The summed E-state index contributed by atoms with van der Waals surface area (Å²) in [6, 6.07) is 1.16. The molecule has 0 radical (unpaired) electrons. The van der Waals surface area contributed by atoms with E-state index < -0.39 is 18.0 Å². The molecule has 1 rings (SSSR count). The first-order valence-electron chi connectivity index (χ1n) is 5.79. The molecule has 0 unspecified atom stereocenters. The van der Waals surface area contributed by atoms with Crippen LogP contribution in [0.5, 0.6) is 0 Å². The molecule has 0 bridgehead atoms. The molecule has 0 heterocycles. The zero-order valence-corrected chi connectivity index (χ0v) is 14.0. The van der Waals surface area contributed by atoms with Crippen LogP contribution >= 0.6 is 46.6 Å². The molecule has 1 aromatic carbocycles. The quantitative estimate of drug-likeness (QED) is 0.707. The number of nitrogens with one attached hydrogen (secondary N) is 2. The number of aliphatic carboxylic acids is 1. The Morgan fingerprint density at radius 3 is 2.33 bits per heavy atom. The summed E-state index contributed by atoms with van der Waals surface area (Å²) in [5.74, 6) is -0.493. The minimum atomic E-state index is -1.10. The Bertz CT molecular complexity index is 519. The van der Waals surface area contributed by atoms with Crippen molar-refractivity contribution in [1.29, 1.82) is 0 Å². The Morgan fingerprint density at radius 1 is 1.29 bits per heavy atom. The second-order valence-corrected chi connectivity index (χ2v) is 6.25. The highest BCUT2D eigenvalue weighted by atomic mass is 35.5. The number of rotatable bonds is 6. The Morgan fingerprint density at radius 2 is 1.86 bits per heavy atom. The lowest BCUT2D eigenvalue weighted by Gasteiger charge is -2.16. The number of anilines is 1. The average molecular weight is 372 g/mol. The minimum Gasteiger partial charge on any atom is -0.480 e. The van der Waals surface area contributed by atoms with Crippen molar-refractivity contribution >= 4 is 64.3 Å². The van der Waals surface area contributed by atoms with Gasteiger partial charge >= 0.3 is 12.0 Å². The van der Waals surface area contributed by atoms with E-state index in [2.05, 4.69) is 10.6 Å². The van der Waals surface area contributed by atoms with Crippen LogP contribution in [0.25, 0.3) is 0 Å². The van der Waals surface area contributed by atoms with Gasteiger partial charge in [-0.05, 0) is 30.6 Å². The van der Waals surface area contributed by atoms with Gasteiger partial charge in [-0.3, -0.25) is 0 Å². The first-order chi connectivity index (χ1) is 9.85. The van der Waals surface area contributed by atoms with E-state index in [0.717, 1.165) is 0 Å². The lowest BCUT2D eigenvalue weighted by molar-refractivity contribution is -0.139. The lowest BCUT2D eigenvalue weighted by atomic mass is 10.2. The summed E-state index contributed by atoms with van der Waals surface area (Å²) in [6.45, 7) is 0. The van der Waals surface area contributed by atoms with Crippen LogP contribution in [0.3, 0.4) is 0 Å². The minimum absolute atomic E-state index is 0.165. The molecule has 0 aliphatic rings. The smallest absolute Gasteiger partial charge is 0.326 e. The summed E-state index contributed by atoms with van der Waals surface area (Å²) in [7, 11) is 0. The monoisotopic (exact) mass is 370 g/mol. The van der Waals surface area contributed by atoms with E-state index in [-0.39, 0.29) is 15.7 Å². The summed E-state index contributed by atoms with van der Waals surface area (Å²) in [5.41, 5.74) is 0.175. The first kappa shape index (κ1) is 18.2. The highest BCUT2D eigenvalue weighted by molar-refractivity contribution is 7.98. The number of benzene rings is 1. The molecule has 0 spiro atoms. The third-order valence-electron chi connectivity index (χ3n) is 2.46. The van der Waals surface area contributed by atoms with Crippen molar-refractivity contribution in [2.75, 3.05) is 17.3 Å². The Kier molecular flexibility index (Phi) is 7.45. The van der Waals surface area contributed by atoms with Gasteiger partial charge in [0.1, 0.15) is 6.04 Å². The van der Waals surface area contributed by atoms with Crippen molar-refractivity contribution in [3.05, 3.63) is 27.2 Å². The van der Waals surface area contributed by atoms with Gasteiger partial charge in [0.25, 0.3) is 0 Å². The van der Waals surface area contributed by atoms with E-state index in [4.69, 9.17) is 39.9 Å². The number of urea groups is 1. The number of carboxylic acids is 1. The van der Waals surface area contributed by atoms with Gasteiger partial charge in [-0.1, -0.05) is 34.8 Å². The third-order valence-corrected chi connectivity index (χ3v) is 3.92. The fourth-order valence-corrected chi connectivity index (χ4v) is 2.85. The highest BCUT2D eigenvalue weighted by Crippen LogP contribution is 2.33. The zero-order chi connectivity index (χ0) is 16.0. The molecule has 1 aromatic rings. The van der Waals surface area contributed by atoms with Gasteiger partial charge in [0.15, 0.2) is 0 Å². The Labute approximate surface area is 141 Å². The van der Waals surface area contributed by atoms with Crippen molar-refractivity contribution in [1.82, 2.24) is 5.32 Å². The maximum atomic E-state index is 11.8. The summed E-state index contributed by atoms with van der Waals surface area (Å²) >= 11 is 19.1. The van der Waals surface area contributed by atoms with Crippen molar-refractivity contribution in [2.24, 2.45) is 0 Å². The van der Waals surface area contributed by atoms with Gasteiger partial charge in [0.2, 0.25) is 0 Å². The molecule has 9 heteroatoms. The van der Waals surface area contributed by atoms with Gasteiger partial charge in [-0.2, -0.15) is 11.8 Å². The lowest BCUT2D eigenvalue weighted by Crippen LogP contribution is -2.43. The molecule has 0 aliphatic heterocycles. The Balaban J connectivity index is 2.74. The summed E-state index contributed by atoms with van der Waals surface area (Å²) in [5, 5.41) is 14.5. The van der Waals surface area contributed by atoms with E-state index in [1.807, 2.05) is 6.26 Å². The topological polar surface area (TPSA) is 78.4 Å². The maximum absolute atomic E-state index is 11.8.